The van der Waals surface area contributed by atoms with E-state index in [1.807, 2.05) is 12.3 Å². The van der Waals surface area contributed by atoms with Crippen LogP contribution in [0.5, 0.6) is 0 Å². The molecule has 1 fully saturated rings. The smallest absolute Gasteiger partial charge is 0.408 e. The van der Waals surface area contributed by atoms with Gasteiger partial charge in [-0.15, -0.1) is 0 Å². The number of rotatable bonds is 15. The molecule has 0 bridgehead atoms. The first-order valence-corrected chi connectivity index (χ1v) is 21.0. The van der Waals surface area contributed by atoms with E-state index in [0.717, 1.165) is 5.56 Å². The molecule has 2 rings (SSSR count). The van der Waals surface area contributed by atoms with Gasteiger partial charge in [0.25, 0.3) is 0 Å². The Balaban J connectivity index is 2.58. The summed E-state index contributed by atoms with van der Waals surface area (Å²) in [6.07, 6.45) is -6.62. The van der Waals surface area contributed by atoms with Gasteiger partial charge in [-0.2, -0.15) is 11.8 Å². The summed E-state index contributed by atoms with van der Waals surface area (Å²) in [6, 6.07) is 6.62. The minimum absolute atomic E-state index is 0.0270. The Morgan fingerprint density at radius 3 is 1.64 bits per heavy atom. The Bertz CT molecular complexity index is 1630. The second kappa shape index (κ2) is 21.2. The summed E-state index contributed by atoms with van der Waals surface area (Å²) in [6.45, 7) is 20.2. The SMILES string of the molecule is CSCC[C@H](NC(=O)[C@H](C)NC(=O)OCc1ccccc1)C(=O)N[C@@H]1O[C@H](COC(=O)C(C)(C)C)[C@H](OC(=O)C(C)(C)C)[C@H](OC(=O)C(C)(C)C)[C@H]1OC(=O)C(C)(C)C. The van der Waals surface area contributed by atoms with E-state index < -0.39 is 113 Å². The number of thioether (sulfide) groups is 1. The first kappa shape index (κ1) is 50.8. The van der Waals surface area contributed by atoms with Crippen molar-refractivity contribution in [3.05, 3.63) is 35.9 Å². The van der Waals surface area contributed by atoms with Gasteiger partial charge in [0, 0.05) is 0 Å². The van der Waals surface area contributed by atoms with E-state index in [1.54, 1.807) is 107 Å². The number of ether oxygens (including phenoxy) is 6. The van der Waals surface area contributed by atoms with Gasteiger partial charge >= 0.3 is 30.0 Å². The Morgan fingerprint density at radius 1 is 0.661 bits per heavy atom. The molecule has 1 aromatic rings. The molecular formula is C42H65N3O13S. The largest absolute Gasteiger partial charge is 0.462 e. The van der Waals surface area contributed by atoms with Crippen LogP contribution in [0.4, 0.5) is 4.79 Å². The predicted octanol–water partition coefficient (Wildman–Crippen LogP) is 4.84. The van der Waals surface area contributed by atoms with Crippen LogP contribution in [0.1, 0.15) is 102 Å². The van der Waals surface area contributed by atoms with Crippen LogP contribution in [0.3, 0.4) is 0 Å². The third-order valence-electron chi connectivity index (χ3n) is 8.66. The van der Waals surface area contributed by atoms with E-state index in [2.05, 4.69) is 16.0 Å². The lowest BCUT2D eigenvalue weighted by Crippen LogP contribution is -2.68. The Kier molecular flexibility index (Phi) is 18.3. The molecule has 17 heteroatoms. The summed E-state index contributed by atoms with van der Waals surface area (Å²) in [5.41, 5.74) is -3.48. The number of carbonyl (C=O) groups is 7. The maximum Gasteiger partial charge on any atom is 0.408 e. The molecule has 0 aliphatic carbocycles. The fraction of sp³-hybridized carbons (Fsp3) is 0.690. The van der Waals surface area contributed by atoms with Crippen LogP contribution in [0, 0.1) is 21.7 Å². The number of carbonyl (C=O) groups excluding carboxylic acids is 7. The number of hydrogen-bond acceptors (Lipinski definition) is 14. The van der Waals surface area contributed by atoms with Gasteiger partial charge < -0.3 is 44.4 Å². The molecule has 1 aromatic carbocycles. The summed E-state index contributed by atoms with van der Waals surface area (Å²) in [5, 5.41) is 7.82. The number of nitrogens with one attached hydrogen (secondary N) is 3. The topological polar surface area (TPSA) is 211 Å². The molecule has 0 saturated carbocycles. The number of amides is 3. The molecule has 3 N–H and O–H groups in total. The molecule has 59 heavy (non-hydrogen) atoms. The summed E-state index contributed by atoms with van der Waals surface area (Å²) < 4.78 is 35.2. The fourth-order valence-electron chi connectivity index (χ4n) is 4.89. The molecule has 7 atom stereocenters. The predicted molar refractivity (Wildman–Crippen MR) is 219 cm³/mol. The van der Waals surface area contributed by atoms with Crippen LogP contribution in [0.15, 0.2) is 30.3 Å². The highest BCUT2D eigenvalue weighted by atomic mass is 32.2. The van der Waals surface area contributed by atoms with Crippen molar-refractivity contribution in [3.8, 4) is 0 Å². The van der Waals surface area contributed by atoms with Gasteiger partial charge in [-0.25, -0.2) is 4.79 Å². The second-order valence-electron chi connectivity index (χ2n) is 18.6. The quantitative estimate of drug-likeness (QED) is 0.159. The molecule has 1 saturated heterocycles. The first-order chi connectivity index (χ1) is 27.1. The maximum absolute atomic E-state index is 14.2. The van der Waals surface area contributed by atoms with E-state index in [4.69, 9.17) is 28.4 Å². The van der Waals surface area contributed by atoms with Crippen molar-refractivity contribution < 1.29 is 62.0 Å². The molecule has 0 unspecified atom stereocenters. The highest BCUT2D eigenvalue weighted by Gasteiger charge is 2.55. The van der Waals surface area contributed by atoms with Gasteiger partial charge in [0.2, 0.25) is 11.8 Å². The fourth-order valence-corrected chi connectivity index (χ4v) is 5.37. The van der Waals surface area contributed by atoms with Crippen molar-refractivity contribution in [2.75, 3.05) is 18.6 Å². The van der Waals surface area contributed by atoms with Gasteiger partial charge in [-0.3, -0.25) is 28.8 Å². The Hall–Kier alpha value is -4.38. The van der Waals surface area contributed by atoms with Crippen LogP contribution >= 0.6 is 11.8 Å². The summed E-state index contributed by atoms with van der Waals surface area (Å²) in [7, 11) is 0. The Labute approximate surface area is 352 Å². The van der Waals surface area contributed by atoms with Gasteiger partial charge in [-0.1, -0.05) is 30.3 Å². The van der Waals surface area contributed by atoms with E-state index >= 15 is 0 Å². The van der Waals surface area contributed by atoms with Crippen LogP contribution in [-0.2, 0) is 63.8 Å². The molecule has 332 valence electrons. The van der Waals surface area contributed by atoms with Gasteiger partial charge in [0.1, 0.15) is 31.4 Å². The minimum Gasteiger partial charge on any atom is -0.462 e. The number of benzene rings is 1. The molecule has 0 spiro atoms. The van der Waals surface area contributed by atoms with Crippen LogP contribution in [0.2, 0.25) is 0 Å². The standard InChI is InChI=1S/C42H65N3O13S/c1-24(43-38(52)54-22-25-18-16-15-17-19-25)31(46)44-26(20-21-59-14)32(47)45-33-30(58-37(51)42(11,12)13)29(57-36(50)41(8,9)10)28(56-35(49)40(5,6)7)27(55-33)23-53-34(48)39(2,3)4/h15-19,24,26-30,33H,20-23H2,1-14H3,(H,43,52)(H,44,46)(H,45,47)/t24-,26-,27+,28-,29-,30+,33+/m0/s1. The van der Waals surface area contributed by atoms with Gasteiger partial charge in [0.15, 0.2) is 24.5 Å². The Morgan fingerprint density at radius 2 is 1.15 bits per heavy atom. The number of alkyl carbamates (subject to hydrolysis) is 1. The molecule has 16 nitrogen and oxygen atoms in total. The third kappa shape index (κ3) is 16.3. The van der Waals surface area contributed by atoms with E-state index in [-0.39, 0.29) is 13.0 Å². The summed E-state index contributed by atoms with van der Waals surface area (Å²) in [4.78, 5) is 93.8. The normalized spacial score (nSPS) is 20.8. The molecular weight excluding hydrogens is 787 g/mol. The molecule has 1 aliphatic rings. The first-order valence-electron chi connectivity index (χ1n) is 19.6. The van der Waals surface area contributed by atoms with Crippen molar-refractivity contribution in [1.82, 2.24) is 16.0 Å². The van der Waals surface area contributed by atoms with Crippen molar-refractivity contribution in [1.29, 1.82) is 0 Å². The van der Waals surface area contributed by atoms with Gasteiger partial charge in [-0.05, 0) is 114 Å². The van der Waals surface area contributed by atoms with Crippen molar-refractivity contribution in [3.63, 3.8) is 0 Å². The zero-order valence-corrected chi connectivity index (χ0v) is 37.8. The lowest BCUT2D eigenvalue weighted by molar-refractivity contribution is -0.264. The van der Waals surface area contributed by atoms with E-state index in [9.17, 15) is 33.6 Å². The highest BCUT2D eigenvalue weighted by molar-refractivity contribution is 7.98. The summed E-state index contributed by atoms with van der Waals surface area (Å²) >= 11 is 1.41. The van der Waals surface area contributed by atoms with E-state index in [1.165, 1.54) is 18.7 Å². The minimum atomic E-state index is -1.62. The summed E-state index contributed by atoms with van der Waals surface area (Å²) in [5.74, 6) is -3.97. The average molecular weight is 852 g/mol. The van der Waals surface area contributed by atoms with Crippen LogP contribution in [0.25, 0.3) is 0 Å². The molecule has 1 aliphatic heterocycles. The molecule has 3 amide bonds. The maximum atomic E-state index is 14.2. The molecule has 1 heterocycles. The lowest BCUT2D eigenvalue weighted by Gasteiger charge is -2.46. The lowest BCUT2D eigenvalue weighted by atomic mass is 9.92. The van der Waals surface area contributed by atoms with E-state index in [0.29, 0.717) is 5.75 Å². The third-order valence-corrected chi connectivity index (χ3v) is 9.30. The van der Waals surface area contributed by atoms with Crippen LogP contribution < -0.4 is 16.0 Å². The molecule has 0 radical (unpaired) electrons. The monoisotopic (exact) mass is 851 g/mol. The molecule has 0 aromatic heterocycles. The van der Waals surface area contributed by atoms with Crippen LogP contribution in [-0.4, -0.2) is 103 Å². The average Bonchev–Trinajstić information content (AvgIpc) is 3.12. The second-order valence-corrected chi connectivity index (χ2v) is 19.6. The number of hydrogen-bond donors (Lipinski definition) is 3. The van der Waals surface area contributed by atoms with Crippen molar-refractivity contribution in [2.45, 2.75) is 146 Å². The number of esters is 4. The van der Waals surface area contributed by atoms with Crippen molar-refractivity contribution >= 4 is 53.5 Å². The highest BCUT2D eigenvalue weighted by Crippen LogP contribution is 2.33. The zero-order chi connectivity index (χ0) is 45.1. The van der Waals surface area contributed by atoms with Crippen molar-refractivity contribution in [2.24, 2.45) is 21.7 Å². The van der Waals surface area contributed by atoms with Gasteiger partial charge in [0.05, 0.1) is 21.7 Å². The zero-order valence-electron chi connectivity index (χ0n) is 37.0.